The molecule has 2 aliphatic rings. The van der Waals surface area contributed by atoms with Crippen LogP contribution in [0.2, 0.25) is 0 Å². The minimum Gasteiger partial charge on any atom is -0.364 e. The molecule has 2 atom stereocenters. The lowest BCUT2D eigenvalue weighted by atomic mass is 9.88. The number of hydrogen-bond acceptors (Lipinski definition) is 1. The molecule has 3 nitrogen and oxygen atoms in total. The number of aromatic nitrogens is 2. The molecule has 2 unspecified atom stereocenters. The molecular weight excluding hydrogens is 691 g/mol. The van der Waals surface area contributed by atoms with E-state index in [1.54, 1.807) is 0 Å². The van der Waals surface area contributed by atoms with Crippen LogP contribution in [0.25, 0.3) is 74.0 Å². The topological polar surface area (TPSA) is 13.1 Å². The molecule has 3 heteroatoms. The molecule has 0 spiro atoms. The van der Waals surface area contributed by atoms with Gasteiger partial charge in [-0.25, -0.2) is 0 Å². The summed E-state index contributed by atoms with van der Waals surface area (Å²) in [5.74, 6) is 0.367. The Labute approximate surface area is 335 Å². The zero-order valence-electron chi connectivity index (χ0n) is 32.9. The zero-order chi connectivity index (χ0) is 38.5. The summed E-state index contributed by atoms with van der Waals surface area (Å²) in [7, 11) is 0. The Hall–Kier alpha value is -6.58. The van der Waals surface area contributed by atoms with Gasteiger partial charge in [0.15, 0.2) is 0 Å². The molecule has 0 bridgehead atoms. The van der Waals surface area contributed by atoms with E-state index in [0.717, 1.165) is 19.6 Å². The van der Waals surface area contributed by atoms with Crippen LogP contribution in [0.4, 0.5) is 5.69 Å². The van der Waals surface area contributed by atoms with E-state index >= 15 is 0 Å². The van der Waals surface area contributed by atoms with Gasteiger partial charge in [-0.15, -0.1) is 0 Å². The van der Waals surface area contributed by atoms with Gasteiger partial charge in [0.2, 0.25) is 0 Å². The van der Waals surface area contributed by atoms with Gasteiger partial charge in [0.25, 0.3) is 0 Å². The first-order valence-corrected chi connectivity index (χ1v) is 20.6. The van der Waals surface area contributed by atoms with Gasteiger partial charge in [0.05, 0.1) is 6.04 Å². The van der Waals surface area contributed by atoms with E-state index < -0.39 is 0 Å². The van der Waals surface area contributed by atoms with Gasteiger partial charge >= 0.3 is 0 Å². The van der Waals surface area contributed by atoms with E-state index in [9.17, 15) is 0 Å². The van der Waals surface area contributed by atoms with Gasteiger partial charge in [-0.1, -0.05) is 121 Å². The fraction of sp³-hybridized carbons (Fsp3) is 0.148. The smallest absolute Gasteiger partial charge is 0.0580 e. The normalized spacial score (nSPS) is 16.7. The maximum absolute atomic E-state index is 2.53. The largest absolute Gasteiger partial charge is 0.364 e. The van der Waals surface area contributed by atoms with E-state index in [2.05, 4.69) is 217 Å². The first kappa shape index (κ1) is 34.9. The van der Waals surface area contributed by atoms with E-state index in [0.29, 0.717) is 12.0 Å². The van der Waals surface area contributed by atoms with Crippen molar-refractivity contribution in [3.05, 3.63) is 191 Å². The second-order valence-corrected chi connectivity index (χ2v) is 15.4. The van der Waals surface area contributed by atoms with Gasteiger partial charge in [0, 0.05) is 74.9 Å². The summed E-state index contributed by atoms with van der Waals surface area (Å²) in [6.45, 7) is 9.61. The number of fused-ring (bicyclic) bond motifs is 9. The zero-order valence-corrected chi connectivity index (χ0v) is 32.9. The Balaban J connectivity index is 1.01. The molecule has 3 heterocycles. The molecule has 0 saturated carbocycles. The highest BCUT2D eigenvalue weighted by Gasteiger charge is 2.35. The second kappa shape index (κ2) is 14.5. The molecule has 6 aromatic carbocycles. The molecule has 2 aromatic heterocycles. The van der Waals surface area contributed by atoms with Crippen molar-refractivity contribution in [1.82, 2.24) is 9.13 Å². The molecule has 0 amide bonds. The standard InChI is InChI=1S/C54H47N3/c1-4-55-49-16-10-7-13-43(49)46-34-37(25-28-52(46)55)19-22-40-31-41(23-20-38-26-29-53-47(35-38)44-14-8-11-17-50(44)56(53)5-2)33-42(32-40)24-21-39-27-30-54-48(36-39)45-15-9-12-18-51(45)57(54)6-3/h7-36,46,52H,4-6H2,1-3H3/b22-19+,23-20+,24-21+. The molecule has 0 fully saturated rings. The molecule has 10 rings (SSSR count). The van der Waals surface area contributed by atoms with Crippen LogP contribution in [0.1, 0.15) is 60.1 Å². The SMILES string of the molecule is CCN1c2ccccc2C2C=C(/C=C/c3cc(/C=C/c4ccc5c(c4)c4ccccc4n5CC)cc(/C=C/c4ccc5c(c4)c4ccccc4n5CC)c3)C=CC21. The van der Waals surface area contributed by atoms with Crippen molar-refractivity contribution in [2.45, 2.75) is 45.8 Å². The highest BCUT2D eigenvalue weighted by atomic mass is 15.2. The molecule has 278 valence electrons. The molecule has 57 heavy (non-hydrogen) atoms. The van der Waals surface area contributed by atoms with Crippen molar-refractivity contribution in [3.8, 4) is 0 Å². The summed E-state index contributed by atoms with van der Waals surface area (Å²) >= 11 is 0. The molecule has 1 aliphatic heterocycles. The number of likely N-dealkylation sites (N-methyl/N-ethyl adjacent to an activating group) is 1. The molecule has 0 saturated heterocycles. The lowest BCUT2D eigenvalue weighted by Gasteiger charge is -2.28. The monoisotopic (exact) mass is 737 g/mol. The fourth-order valence-corrected chi connectivity index (χ4v) is 9.55. The summed E-state index contributed by atoms with van der Waals surface area (Å²) in [5, 5.41) is 5.22. The second-order valence-electron chi connectivity index (χ2n) is 15.4. The number of anilines is 1. The minimum atomic E-state index is 0.367. The van der Waals surface area contributed by atoms with Crippen LogP contribution >= 0.6 is 0 Å². The van der Waals surface area contributed by atoms with Gasteiger partial charge in [0.1, 0.15) is 0 Å². The third kappa shape index (κ3) is 6.15. The molecule has 8 aromatic rings. The predicted octanol–water partition coefficient (Wildman–Crippen LogP) is 13.8. The maximum Gasteiger partial charge on any atom is 0.0580 e. The first-order valence-electron chi connectivity index (χ1n) is 20.6. The first-order chi connectivity index (χ1) is 28.1. The fourth-order valence-electron chi connectivity index (χ4n) is 9.55. The number of benzene rings is 6. The Morgan fingerprint density at radius 1 is 0.456 bits per heavy atom. The van der Waals surface area contributed by atoms with Crippen LogP contribution in [0.5, 0.6) is 0 Å². The summed E-state index contributed by atoms with van der Waals surface area (Å²) in [6, 6.07) is 47.4. The Morgan fingerprint density at radius 3 is 1.51 bits per heavy atom. The third-order valence-corrected chi connectivity index (χ3v) is 12.2. The summed E-state index contributed by atoms with van der Waals surface area (Å²) in [6.07, 6.45) is 20.8. The van der Waals surface area contributed by atoms with Gasteiger partial charge in [-0.05, 0) is 120 Å². The number of aryl methyl sites for hydroxylation is 2. The van der Waals surface area contributed by atoms with Crippen molar-refractivity contribution < 1.29 is 0 Å². The van der Waals surface area contributed by atoms with Gasteiger partial charge < -0.3 is 14.0 Å². The minimum absolute atomic E-state index is 0.367. The van der Waals surface area contributed by atoms with Crippen LogP contribution in [0, 0.1) is 0 Å². The predicted molar refractivity (Wildman–Crippen MR) is 247 cm³/mol. The highest BCUT2D eigenvalue weighted by molar-refractivity contribution is 6.09. The maximum atomic E-state index is 2.53. The van der Waals surface area contributed by atoms with Crippen molar-refractivity contribution in [3.63, 3.8) is 0 Å². The van der Waals surface area contributed by atoms with Crippen molar-refractivity contribution in [1.29, 1.82) is 0 Å². The third-order valence-electron chi connectivity index (χ3n) is 12.2. The molecule has 1 aliphatic carbocycles. The number of rotatable bonds is 9. The summed E-state index contributed by atoms with van der Waals surface area (Å²) < 4.78 is 4.82. The summed E-state index contributed by atoms with van der Waals surface area (Å²) in [5.41, 5.74) is 15.1. The van der Waals surface area contributed by atoms with E-state index in [4.69, 9.17) is 0 Å². The average molecular weight is 738 g/mol. The van der Waals surface area contributed by atoms with Crippen LogP contribution < -0.4 is 4.90 Å². The summed E-state index contributed by atoms with van der Waals surface area (Å²) in [4.78, 5) is 2.53. The van der Waals surface area contributed by atoms with Crippen molar-refractivity contribution in [2.24, 2.45) is 0 Å². The van der Waals surface area contributed by atoms with E-state index in [-0.39, 0.29) is 0 Å². The van der Waals surface area contributed by atoms with Crippen molar-refractivity contribution in [2.75, 3.05) is 11.4 Å². The number of para-hydroxylation sites is 3. The highest BCUT2D eigenvalue weighted by Crippen LogP contribution is 2.44. The van der Waals surface area contributed by atoms with Crippen LogP contribution in [-0.4, -0.2) is 21.7 Å². The Kier molecular flexibility index (Phi) is 8.87. The molecule has 0 radical (unpaired) electrons. The van der Waals surface area contributed by atoms with Gasteiger partial charge in [-0.2, -0.15) is 0 Å². The quantitative estimate of drug-likeness (QED) is 0.134. The molecule has 0 N–H and O–H groups in total. The van der Waals surface area contributed by atoms with Crippen molar-refractivity contribution >= 4 is 79.7 Å². The van der Waals surface area contributed by atoms with Crippen LogP contribution in [0.15, 0.2) is 157 Å². The lowest BCUT2D eigenvalue weighted by molar-refractivity contribution is 0.685. The molecular formula is C54H47N3. The van der Waals surface area contributed by atoms with Crippen LogP contribution in [0.3, 0.4) is 0 Å². The van der Waals surface area contributed by atoms with Gasteiger partial charge in [-0.3, -0.25) is 0 Å². The van der Waals surface area contributed by atoms with Crippen LogP contribution in [-0.2, 0) is 13.1 Å². The number of nitrogens with zero attached hydrogens (tertiary/aromatic N) is 3. The Bertz CT molecular complexity index is 2840. The van der Waals surface area contributed by atoms with E-state index in [1.165, 1.54) is 88.3 Å². The number of allylic oxidation sites excluding steroid dienone is 3. The number of hydrogen-bond donors (Lipinski definition) is 0. The van der Waals surface area contributed by atoms with E-state index in [1.807, 2.05) is 0 Å². The lowest BCUT2D eigenvalue weighted by Crippen LogP contribution is -2.32. The average Bonchev–Trinajstić information content (AvgIpc) is 3.88. The Morgan fingerprint density at radius 2 is 0.947 bits per heavy atom.